The van der Waals surface area contributed by atoms with E-state index in [0.29, 0.717) is 22.8 Å². The molecule has 0 aromatic heterocycles. The fourth-order valence-corrected chi connectivity index (χ4v) is 2.79. The Hall–Kier alpha value is -2.53. The zero-order valence-corrected chi connectivity index (χ0v) is 17.6. The standard InChI is InChI=1S/C22H28ClN3O2/c1-5-22(3,4)26-21(28)18-11-10-17(12-19(18)23)24-14-20(27)25-13-16-9-7-6-8-15(16)2/h6-12,24H,5,13-14H2,1-4H3,(H,25,27)(H,26,28). The first-order chi connectivity index (χ1) is 13.2. The lowest BCUT2D eigenvalue weighted by atomic mass is 10.0. The highest BCUT2D eigenvalue weighted by atomic mass is 35.5. The van der Waals surface area contributed by atoms with Crippen molar-refractivity contribution in [3.63, 3.8) is 0 Å². The highest BCUT2D eigenvalue weighted by Gasteiger charge is 2.20. The second-order valence-electron chi connectivity index (χ2n) is 7.44. The zero-order valence-electron chi connectivity index (χ0n) is 16.9. The maximum absolute atomic E-state index is 12.4. The fraction of sp³-hybridized carbons (Fsp3) is 0.364. The summed E-state index contributed by atoms with van der Waals surface area (Å²) in [4.78, 5) is 24.5. The van der Waals surface area contributed by atoms with Crippen LogP contribution in [-0.2, 0) is 11.3 Å². The smallest absolute Gasteiger partial charge is 0.253 e. The average Bonchev–Trinajstić information content (AvgIpc) is 2.65. The van der Waals surface area contributed by atoms with Crippen LogP contribution < -0.4 is 16.0 Å². The van der Waals surface area contributed by atoms with Crippen LogP contribution in [0.1, 0.15) is 48.7 Å². The molecular formula is C22H28ClN3O2. The summed E-state index contributed by atoms with van der Waals surface area (Å²) in [6.45, 7) is 8.56. The van der Waals surface area contributed by atoms with Crippen molar-refractivity contribution in [1.29, 1.82) is 0 Å². The van der Waals surface area contributed by atoms with Crippen molar-refractivity contribution in [3.8, 4) is 0 Å². The van der Waals surface area contributed by atoms with Gasteiger partial charge in [-0.05, 0) is 56.5 Å². The molecule has 2 amide bonds. The van der Waals surface area contributed by atoms with Gasteiger partial charge in [0, 0.05) is 17.8 Å². The monoisotopic (exact) mass is 401 g/mol. The molecule has 0 fully saturated rings. The van der Waals surface area contributed by atoms with Gasteiger partial charge in [0.2, 0.25) is 5.91 Å². The Bertz CT molecular complexity index is 849. The Morgan fingerprint density at radius 3 is 2.46 bits per heavy atom. The molecule has 2 aromatic carbocycles. The third kappa shape index (κ3) is 6.27. The topological polar surface area (TPSA) is 70.2 Å². The minimum Gasteiger partial charge on any atom is -0.376 e. The van der Waals surface area contributed by atoms with Gasteiger partial charge in [-0.2, -0.15) is 0 Å². The van der Waals surface area contributed by atoms with Crippen LogP contribution in [-0.4, -0.2) is 23.9 Å². The molecule has 28 heavy (non-hydrogen) atoms. The Morgan fingerprint density at radius 1 is 1.11 bits per heavy atom. The van der Waals surface area contributed by atoms with E-state index < -0.39 is 0 Å². The lowest BCUT2D eigenvalue weighted by Crippen LogP contribution is -2.42. The quantitative estimate of drug-likeness (QED) is 0.617. The Balaban J connectivity index is 1.89. The molecule has 0 aliphatic rings. The Labute approximate surface area is 171 Å². The second kappa shape index (κ2) is 9.60. The highest BCUT2D eigenvalue weighted by molar-refractivity contribution is 6.34. The van der Waals surface area contributed by atoms with E-state index in [-0.39, 0.29) is 23.9 Å². The van der Waals surface area contributed by atoms with Crippen molar-refractivity contribution >= 4 is 29.1 Å². The van der Waals surface area contributed by atoms with Crippen molar-refractivity contribution in [2.75, 3.05) is 11.9 Å². The van der Waals surface area contributed by atoms with Gasteiger partial charge in [-0.15, -0.1) is 0 Å². The molecule has 5 nitrogen and oxygen atoms in total. The minimum atomic E-state index is -0.299. The van der Waals surface area contributed by atoms with E-state index in [1.54, 1.807) is 18.2 Å². The average molecular weight is 402 g/mol. The largest absolute Gasteiger partial charge is 0.376 e. The van der Waals surface area contributed by atoms with Gasteiger partial charge in [-0.25, -0.2) is 0 Å². The van der Waals surface area contributed by atoms with Gasteiger partial charge in [-0.3, -0.25) is 9.59 Å². The van der Waals surface area contributed by atoms with E-state index in [2.05, 4.69) is 16.0 Å². The van der Waals surface area contributed by atoms with E-state index in [1.165, 1.54) is 0 Å². The fourth-order valence-electron chi connectivity index (χ4n) is 2.52. The predicted octanol–water partition coefficient (Wildman–Crippen LogP) is 4.30. The van der Waals surface area contributed by atoms with Crippen LogP contribution in [0.15, 0.2) is 42.5 Å². The van der Waals surface area contributed by atoms with E-state index in [1.807, 2.05) is 52.0 Å². The molecule has 2 aromatic rings. The SMILES string of the molecule is CCC(C)(C)NC(=O)c1ccc(NCC(=O)NCc2ccccc2C)cc1Cl. The maximum Gasteiger partial charge on any atom is 0.253 e. The van der Waals surface area contributed by atoms with E-state index >= 15 is 0 Å². The van der Waals surface area contributed by atoms with Crippen LogP contribution in [0, 0.1) is 6.92 Å². The van der Waals surface area contributed by atoms with Crippen LogP contribution in [0.5, 0.6) is 0 Å². The van der Waals surface area contributed by atoms with Gasteiger partial charge in [0.25, 0.3) is 5.91 Å². The molecule has 6 heteroatoms. The number of anilines is 1. The number of amides is 2. The summed E-state index contributed by atoms with van der Waals surface area (Å²) in [5.74, 6) is -0.328. The molecule has 0 aliphatic carbocycles. The van der Waals surface area contributed by atoms with Gasteiger partial charge in [-0.1, -0.05) is 42.8 Å². The lowest BCUT2D eigenvalue weighted by molar-refractivity contribution is -0.119. The predicted molar refractivity (Wildman–Crippen MR) is 115 cm³/mol. The van der Waals surface area contributed by atoms with Crippen LogP contribution in [0.2, 0.25) is 5.02 Å². The summed E-state index contributed by atoms with van der Waals surface area (Å²) in [5, 5.41) is 9.23. The van der Waals surface area contributed by atoms with E-state index in [4.69, 9.17) is 11.6 Å². The third-order valence-corrected chi connectivity index (χ3v) is 5.05. The summed E-state index contributed by atoms with van der Waals surface area (Å²) in [5.41, 5.74) is 3.03. The summed E-state index contributed by atoms with van der Waals surface area (Å²) < 4.78 is 0. The first-order valence-electron chi connectivity index (χ1n) is 9.39. The molecule has 0 heterocycles. The molecule has 0 spiro atoms. The number of carbonyl (C=O) groups excluding carboxylic acids is 2. The van der Waals surface area contributed by atoms with Gasteiger partial charge < -0.3 is 16.0 Å². The van der Waals surface area contributed by atoms with E-state index in [9.17, 15) is 9.59 Å². The lowest BCUT2D eigenvalue weighted by Gasteiger charge is -2.24. The molecule has 0 atom stereocenters. The van der Waals surface area contributed by atoms with Crippen molar-refractivity contribution in [1.82, 2.24) is 10.6 Å². The number of hydrogen-bond donors (Lipinski definition) is 3. The first kappa shape index (κ1) is 21.8. The summed E-state index contributed by atoms with van der Waals surface area (Å²) in [6, 6.07) is 13.0. The molecule has 0 saturated heterocycles. The van der Waals surface area contributed by atoms with Crippen molar-refractivity contribution in [2.45, 2.75) is 46.2 Å². The zero-order chi connectivity index (χ0) is 20.7. The van der Waals surface area contributed by atoms with Gasteiger partial charge >= 0.3 is 0 Å². The summed E-state index contributed by atoms with van der Waals surface area (Å²) in [6.07, 6.45) is 0.813. The molecule has 0 bridgehead atoms. The second-order valence-corrected chi connectivity index (χ2v) is 7.85. The first-order valence-corrected chi connectivity index (χ1v) is 9.77. The molecular weight excluding hydrogens is 374 g/mol. The van der Waals surface area contributed by atoms with Crippen LogP contribution in [0.4, 0.5) is 5.69 Å². The minimum absolute atomic E-state index is 0.120. The van der Waals surface area contributed by atoms with Gasteiger partial charge in [0.05, 0.1) is 17.1 Å². The number of carbonyl (C=O) groups is 2. The third-order valence-electron chi connectivity index (χ3n) is 4.74. The molecule has 0 aliphatic heterocycles. The molecule has 150 valence electrons. The van der Waals surface area contributed by atoms with Crippen molar-refractivity contribution in [3.05, 3.63) is 64.2 Å². The molecule has 3 N–H and O–H groups in total. The van der Waals surface area contributed by atoms with Gasteiger partial charge in [0.1, 0.15) is 0 Å². The number of aryl methyl sites for hydroxylation is 1. The molecule has 2 rings (SSSR count). The Morgan fingerprint density at radius 2 is 1.82 bits per heavy atom. The van der Waals surface area contributed by atoms with Crippen molar-refractivity contribution in [2.24, 2.45) is 0 Å². The number of nitrogens with one attached hydrogen (secondary N) is 3. The highest BCUT2D eigenvalue weighted by Crippen LogP contribution is 2.22. The number of benzene rings is 2. The van der Waals surface area contributed by atoms with Crippen molar-refractivity contribution < 1.29 is 9.59 Å². The molecule has 0 saturated carbocycles. The molecule has 0 unspecified atom stereocenters. The normalized spacial score (nSPS) is 11.0. The summed E-state index contributed by atoms with van der Waals surface area (Å²) >= 11 is 6.27. The Kier molecular flexibility index (Phi) is 7.46. The number of rotatable bonds is 8. The summed E-state index contributed by atoms with van der Waals surface area (Å²) in [7, 11) is 0. The van der Waals surface area contributed by atoms with Crippen LogP contribution >= 0.6 is 11.6 Å². The maximum atomic E-state index is 12.4. The molecule has 0 radical (unpaired) electrons. The number of halogens is 1. The number of hydrogen-bond acceptors (Lipinski definition) is 3. The van der Waals surface area contributed by atoms with Crippen LogP contribution in [0.25, 0.3) is 0 Å². The van der Waals surface area contributed by atoms with Crippen LogP contribution in [0.3, 0.4) is 0 Å². The van der Waals surface area contributed by atoms with E-state index in [0.717, 1.165) is 17.5 Å². The van der Waals surface area contributed by atoms with Gasteiger partial charge in [0.15, 0.2) is 0 Å².